The highest BCUT2D eigenvalue weighted by atomic mass is 16.5. The Morgan fingerprint density at radius 2 is 2.13 bits per heavy atom. The van der Waals surface area contributed by atoms with Crippen LogP contribution in [0.3, 0.4) is 0 Å². The lowest BCUT2D eigenvalue weighted by molar-refractivity contribution is 0.0947. The predicted octanol–water partition coefficient (Wildman–Crippen LogP) is 2.68. The van der Waals surface area contributed by atoms with Gasteiger partial charge in [-0.3, -0.25) is 9.89 Å². The highest BCUT2D eigenvalue weighted by Gasteiger charge is 2.14. The summed E-state index contributed by atoms with van der Waals surface area (Å²) in [5, 5.41) is 10.6. The average Bonchev–Trinajstić information content (AvgIpc) is 3.02. The molecule has 3 rings (SSSR count). The fourth-order valence-electron chi connectivity index (χ4n) is 2.28. The first-order chi connectivity index (χ1) is 11.3. The van der Waals surface area contributed by atoms with E-state index in [0.717, 1.165) is 22.9 Å². The van der Waals surface area contributed by atoms with Gasteiger partial charge >= 0.3 is 0 Å². The van der Waals surface area contributed by atoms with Crippen LogP contribution in [0, 0.1) is 0 Å². The fraction of sp³-hybridized carbons (Fsp3) is 0.235. The molecular weight excluding hydrogens is 292 g/mol. The lowest BCUT2D eigenvalue weighted by Crippen LogP contribution is -2.24. The van der Waals surface area contributed by atoms with Crippen LogP contribution in [0.5, 0.6) is 5.88 Å². The molecule has 23 heavy (non-hydrogen) atoms. The Morgan fingerprint density at radius 1 is 1.26 bits per heavy atom. The maximum absolute atomic E-state index is 12.4. The van der Waals surface area contributed by atoms with Crippen molar-refractivity contribution >= 4 is 16.8 Å². The monoisotopic (exact) mass is 310 g/mol. The second-order valence-electron chi connectivity index (χ2n) is 5.12. The van der Waals surface area contributed by atoms with Crippen LogP contribution in [0.25, 0.3) is 10.9 Å². The van der Waals surface area contributed by atoms with Crippen LogP contribution < -0.4 is 10.1 Å². The van der Waals surface area contributed by atoms with E-state index in [1.54, 1.807) is 6.20 Å². The molecule has 2 N–H and O–H groups in total. The van der Waals surface area contributed by atoms with Crippen molar-refractivity contribution in [1.29, 1.82) is 0 Å². The van der Waals surface area contributed by atoms with Crippen molar-refractivity contribution < 1.29 is 9.53 Å². The molecule has 2 aromatic heterocycles. The molecule has 0 saturated heterocycles. The third-order valence-electron chi connectivity index (χ3n) is 3.42. The zero-order chi connectivity index (χ0) is 16.1. The first-order valence-electron chi connectivity index (χ1n) is 7.57. The Balaban J connectivity index is 1.72. The molecule has 0 aliphatic carbocycles. The van der Waals surface area contributed by atoms with Gasteiger partial charge in [0.1, 0.15) is 0 Å². The number of benzene rings is 1. The minimum absolute atomic E-state index is 0.229. The molecule has 118 valence electrons. The molecule has 6 heteroatoms. The van der Waals surface area contributed by atoms with Crippen LogP contribution in [0.2, 0.25) is 0 Å². The normalized spacial score (nSPS) is 10.7. The van der Waals surface area contributed by atoms with Crippen molar-refractivity contribution in [2.75, 3.05) is 6.61 Å². The molecular formula is C17H18N4O2. The number of pyridine rings is 1. The van der Waals surface area contributed by atoms with E-state index in [2.05, 4.69) is 20.5 Å². The van der Waals surface area contributed by atoms with Crippen molar-refractivity contribution in [1.82, 2.24) is 20.5 Å². The molecule has 0 spiro atoms. The summed E-state index contributed by atoms with van der Waals surface area (Å²) < 4.78 is 5.60. The smallest absolute Gasteiger partial charge is 0.272 e. The maximum Gasteiger partial charge on any atom is 0.272 e. The summed E-state index contributed by atoms with van der Waals surface area (Å²) in [5.74, 6) is 0.328. The van der Waals surface area contributed by atoms with Crippen molar-refractivity contribution in [2.45, 2.75) is 19.9 Å². The third-order valence-corrected chi connectivity index (χ3v) is 3.42. The number of para-hydroxylation sites is 1. The van der Waals surface area contributed by atoms with E-state index in [0.29, 0.717) is 24.7 Å². The number of carbonyl (C=O) groups excluding carboxylic acids is 1. The van der Waals surface area contributed by atoms with Crippen LogP contribution >= 0.6 is 0 Å². The highest BCUT2D eigenvalue weighted by molar-refractivity contribution is 6.04. The summed E-state index contributed by atoms with van der Waals surface area (Å²) >= 11 is 0. The summed E-state index contributed by atoms with van der Waals surface area (Å²) in [5.41, 5.74) is 2.07. The maximum atomic E-state index is 12.4. The quantitative estimate of drug-likeness (QED) is 0.733. The molecule has 0 aliphatic rings. The number of fused-ring (bicyclic) bond motifs is 1. The Bertz CT molecular complexity index is 813. The largest absolute Gasteiger partial charge is 0.477 e. The second kappa shape index (κ2) is 6.91. The van der Waals surface area contributed by atoms with Gasteiger partial charge in [0, 0.05) is 23.7 Å². The van der Waals surface area contributed by atoms with Crippen molar-refractivity contribution in [3.05, 3.63) is 53.9 Å². The molecule has 3 aromatic rings. The summed E-state index contributed by atoms with van der Waals surface area (Å²) in [6, 6.07) is 11.2. The van der Waals surface area contributed by atoms with E-state index in [-0.39, 0.29) is 5.91 Å². The standard InChI is InChI=1S/C17H18N4O2/c1-2-10-23-17-12(6-5-9-18-17)11-19-16(22)15-13-7-3-4-8-14(13)20-21-15/h3-9H,2,10-11H2,1H3,(H,19,22)(H,20,21). The van der Waals surface area contributed by atoms with Gasteiger partial charge in [-0.1, -0.05) is 31.2 Å². The van der Waals surface area contributed by atoms with Gasteiger partial charge in [0.2, 0.25) is 5.88 Å². The minimum atomic E-state index is -0.229. The fourth-order valence-corrected chi connectivity index (χ4v) is 2.28. The van der Waals surface area contributed by atoms with Crippen LogP contribution in [0.1, 0.15) is 29.4 Å². The predicted molar refractivity (Wildman–Crippen MR) is 87.3 cm³/mol. The van der Waals surface area contributed by atoms with Crippen molar-refractivity contribution in [3.63, 3.8) is 0 Å². The lowest BCUT2D eigenvalue weighted by Gasteiger charge is -2.10. The summed E-state index contributed by atoms with van der Waals surface area (Å²) in [6.45, 7) is 2.97. The first kappa shape index (κ1) is 15.0. The van der Waals surface area contributed by atoms with Crippen LogP contribution in [0.15, 0.2) is 42.6 Å². The number of carbonyl (C=O) groups is 1. The highest BCUT2D eigenvalue weighted by Crippen LogP contribution is 2.17. The van der Waals surface area contributed by atoms with Gasteiger partial charge in [-0.25, -0.2) is 4.98 Å². The van der Waals surface area contributed by atoms with E-state index in [9.17, 15) is 4.79 Å². The summed E-state index contributed by atoms with van der Waals surface area (Å²) in [6.07, 6.45) is 2.58. The van der Waals surface area contributed by atoms with E-state index >= 15 is 0 Å². The van der Waals surface area contributed by atoms with Crippen LogP contribution in [-0.2, 0) is 6.54 Å². The van der Waals surface area contributed by atoms with E-state index in [1.165, 1.54) is 0 Å². The van der Waals surface area contributed by atoms with Gasteiger partial charge in [0.25, 0.3) is 5.91 Å². The molecule has 6 nitrogen and oxygen atoms in total. The zero-order valence-corrected chi connectivity index (χ0v) is 12.9. The van der Waals surface area contributed by atoms with E-state index in [4.69, 9.17) is 4.74 Å². The van der Waals surface area contributed by atoms with Gasteiger partial charge in [-0.2, -0.15) is 5.10 Å². The molecule has 0 atom stereocenters. The SMILES string of the molecule is CCCOc1ncccc1CNC(=O)c1n[nH]c2ccccc12. The van der Waals surface area contributed by atoms with Gasteiger partial charge < -0.3 is 10.1 Å². The number of H-pyrrole nitrogens is 1. The molecule has 0 aliphatic heterocycles. The second-order valence-corrected chi connectivity index (χ2v) is 5.12. The van der Waals surface area contributed by atoms with Crippen molar-refractivity contribution in [3.8, 4) is 5.88 Å². The van der Waals surface area contributed by atoms with Gasteiger partial charge in [0.15, 0.2) is 5.69 Å². The number of amides is 1. The Morgan fingerprint density at radius 3 is 3.00 bits per heavy atom. The Kier molecular flexibility index (Phi) is 4.52. The van der Waals surface area contributed by atoms with Gasteiger partial charge in [0.05, 0.1) is 12.1 Å². The van der Waals surface area contributed by atoms with Gasteiger partial charge in [-0.05, 0) is 18.6 Å². The number of aromatic amines is 1. The molecule has 0 saturated carbocycles. The number of rotatable bonds is 6. The topological polar surface area (TPSA) is 79.9 Å². The number of hydrogen-bond donors (Lipinski definition) is 2. The molecule has 1 amide bonds. The number of aromatic nitrogens is 3. The summed E-state index contributed by atoms with van der Waals surface area (Å²) in [7, 11) is 0. The number of nitrogens with one attached hydrogen (secondary N) is 2. The molecule has 1 aromatic carbocycles. The van der Waals surface area contributed by atoms with E-state index in [1.807, 2.05) is 43.3 Å². The van der Waals surface area contributed by atoms with Gasteiger partial charge in [-0.15, -0.1) is 0 Å². The minimum Gasteiger partial charge on any atom is -0.477 e. The molecule has 2 heterocycles. The Hall–Kier alpha value is -2.89. The molecule has 0 fully saturated rings. The molecule has 0 unspecified atom stereocenters. The van der Waals surface area contributed by atoms with E-state index < -0.39 is 0 Å². The average molecular weight is 310 g/mol. The number of nitrogens with zero attached hydrogens (tertiary/aromatic N) is 2. The third kappa shape index (κ3) is 3.31. The number of ether oxygens (including phenoxy) is 1. The molecule has 0 bridgehead atoms. The summed E-state index contributed by atoms with van der Waals surface area (Å²) in [4.78, 5) is 16.6. The Labute approximate surface area is 133 Å². The first-order valence-corrected chi connectivity index (χ1v) is 7.57. The van der Waals surface area contributed by atoms with Crippen molar-refractivity contribution in [2.24, 2.45) is 0 Å². The lowest BCUT2D eigenvalue weighted by atomic mass is 10.2. The number of hydrogen-bond acceptors (Lipinski definition) is 4. The molecule has 0 radical (unpaired) electrons. The zero-order valence-electron chi connectivity index (χ0n) is 12.9. The van der Waals surface area contributed by atoms with Crippen LogP contribution in [-0.4, -0.2) is 27.7 Å². The van der Waals surface area contributed by atoms with Crippen LogP contribution in [0.4, 0.5) is 0 Å².